The number of benzene rings is 3. The van der Waals surface area contributed by atoms with Crippen molar-refractivity contribution in [3.05, 3.63) is 96.1 Å². The number of nitrogens with two attached hydrogens (primary N) is 1. The minimum atomic E-state index is -3.72. The van der Waals surface area contributed by atoms with Gasteiger partial charge in [-0.05, 0) is 35.4 Å². The molecule has 0 bridgehead atoms. The zero-order valence-corrected chi connectivity index (χ0v) is 15.4. The quantitative estimate of drug-likeness (QED) is 0.753. The van der Waals surface area contributed by atoms with Crippen LogP contribution in [0, 0.1) is 0 Å². The number of rotatable bonds is 4. The van der Waals surface area contributed by atoms with E-state index < -0.39 is 10.0 Å². The van der Waals surface area contributed by atoms with Crippen LogP contribution in [0.1, 0.15) is 23.6 Å². The van der Waals surface area contributed by atoms with Crippen LogP contribution in [0.3, 0.4) is 0 Å². The predicted octanol–water partition coefficient (Wildman–Crippen LogP) is 3.69. The van der Waals surface area contributed by atoms with E-state index >= 15 is 0 Å². The lowest BCUT2D eigenvalue weighted by molar-refractivity contribution is 0.597. The lowest BCUT2D eigenvalue weighted by Gasteiger charge is -2.24. The number of sulfonamides is 1. The van der Waals surface area contributed by atoms with E-state index in [0.29, 0.717) is 0 Å². The van der Waals surface area contributed by atoms with Crippen LogP contribution in [-0.4, -0.2) is 14.1 Å². The fourth-order valence-corrected chi connectivity index (χ4v) is 3.79. The third-order valence-electron chi connectivity index (χ3n) is 4.63. The SMILES string of the molecule is NS(=O)(=O)c1ccc(N2N=C(c3ccccc3)C[C@H]2c2ccccc2)cc1. The maximum atomic E-state index is 11.5. The molecule has 0 aromatic heterocycles. The topological polar surface area (TPSA) is 75.8 Å². The fraction of sp³-hybridized carbons (Fsp3) is 0.0952. The van der Waals surface area contributed by atoms with E-state index in [-0.39, 0.29) is 10.9 Å². The number of primary sulfonamides is 1. The van der Waals surface area contributed by atoms with Crippen molar-refractivity contribution in [2.45, 2.75) is 17.4 Å². The Kier molecular flexibility index (Phi) is 4.51. The summed E-state index contributed by atoms with van der Waals surface area (Å²) in [6.45, 7) is 0. The van der Waals surface area contributed by atoms with Gasteiger partial charge in [0.15, 0.2) is 0 Å². The summed E-state index contributed by atoms with van der Waals surface area (Å²) < 4.78 is 23.0. The molecule has 1 heterocycles. The first-order chi connectivity index (χ1) is 13.0. The number of nitrogens with zero attached hydrogens (tertiary/aromatic N) is 2. The summed E-state index contributed by atoms with van der Waals surface area (Å²) in [7, 11) is -3.72. The van der Waals surface area contributed by atoms with E-state index in [4.69, 9.17) is 10.2 Å². The average Bonchev–Trinajstić information content (AvgIpc) is 3.14. The standard InChI is InChI=1S/C21H19N3O2S/c22-27(25,26)19-13-11-18(12-14-19)24-21(17-9-5-2-6-10-17)15-20(23-24)16-7-3-1-4-8-16/h1-14,21H,15H2,(H2,22,25,26)/t21-/m0/s1. The molecule has 5 nitrogen and oxygen atoms in total. The van der Waals surface area contributed by atoms with Crippen molar-refractivity contribution in [2.24, 2.45) is 10.2 Å². The minimum Gasteiger partial charge on any atom is -0.257 e. The third kappa shape index (κ3) is 3.63. The summed E-state index contributed by atoms with van der Waals surface area (Å²) in [6.07, 6.45) is 0.769. The highest BCUT2D eigenvalue weighted by atomic mass is 32.2. The monoisotopic (exact) mass is 377 g/mol. The van der Waals surface area contributed by atoms with Crippen LogP contribution in [0.5, 0.6) is 0 Å². The molecule has 0 radical (unpaired) electrons. The van der Waals surface area contributed by atoms with Gasteiger partial charge in [-0.3, -0.25) is 5.01 Å². The van der Waals surface area contributed by atoms with E-state index in [1.165, 1.54) is 12.1 Å². The van der Waals surface area contributed by atoms with Crippen LogP contribution in [0.2, 0.25) is 0 Å². The molecule has 3 aromatic rings. The van der Waals surface area contributed by atoms with Crippen molar-refractivity contribution >= 4 is 21.4 Å². The first-order valence-electron chi connectivity index (χ1n) is 8.62. The zero-order chi connectivity index (χ0) is 18.9. The van der Waals surface area contributed by atoms with Gasteiger partial charge in [-0.1, -0.05) is 60.7 Å². The second kappa shape index (κ2) is 6.98. The van der Waals surface area contributed by atoms with E-state index in [2.05, 4.69) is 24.3 Å². The molecule has 1 aliphatic rings. The van der Waals surface area contributed by atoms with E-state index in [1.54, 1.807) is 12.1 Å². The minimum absolute atomic E-state index is 0.0433. The van der Waals surface area contributed by atoms with Crippen LogP contribution in [0.4, 0.5) is 5.69 Å². The normalized spacial score (nSPS) is 17.0. The Labute approximate surface area is 158 Å². The highest BCUT2D eigenvalue weighted by Gasteiger charge is 2.29. The molecule has 0 fully saturated rings. The molecule has 27 heavy (non-hydrogen) atoms. The summed E-state index contributed by atoms with van der Waals surface area (Å²) in [5.74, 6) is 0. The lowest BCUT2D eigenvalue weighted by Crippen LogP contribution is -2.19. The largest absolute Gasteiger partial charge is 0.257 e. The Morgan fingerprint density at radius 2 is 1.44 bits per heavy atom. The van der Waals surface area contributed by atoms with Crippen LogP contribution < -0.4 is 10.1 Å². The molecule has 1 atom stereocenters. The summed E-state index contributed by atoms with van der Waals surface area (Å²) in [4.78, 5) is 0.0916. The molecule has 3 aromatic carbocycles. The van der Waals surface area contributed by atoms with Crippen LogP contribution in [-0.2, 0) is 10.0 Å². The molecule has 6 heteroatoms. The molecule has 0 saturated carbocycles. The van der Waals surface area contributed by atoms with Gasteiger partial charge < -0.3 is 0 Å². The molecule has 0 saturated heterocycles. The number of hydrogen-bond acceptors (Lipinski definition) is 4. The molecule has 1 aliphatic heterocycles. The predicted molar refractivity (Wildman–Crippen MR) is 107 cm³/mol. The van der Waals surface area contributed by atoms with Gasteiger partial charge in [0, 0.05) is 6.42 Å². The van der Waals surface area contributed by atoms with Gasteiger partial charge in [-0.15, -0.1) is 0 Å². The molecule has 2 N–H and O–H groups in total. The smallest absolute Gasteiger partial charge is 0.238 e. The second-order valence-electron chi connectivity index (χ2n) is 6.43. The molecule has 4 rings (SSSR count). The third-order valence-corrected chi connectivity index (χ3v) is 5.56. The number of hydrogen-bond donors (Lipinski definition) is 1. The van der Waals surface area contributed by atoms with Crippen molar-refractivity contribution in [3.63, 3.8) is 0 Å². The first-order valence-corrected chi connectivity index (χ1v) is 10.2. The summed E-state index contributed by atoms with van der Waals surface area (Å²) in [6, 6.07) is 26.8. The molecule has 0 unspecified atom stereocenters. The van der Waals surface area contributed by atoms with Crippen molar-refractivity contribution in [3.8, 4) is 0 Å². The number of hydrazone groups is 1. The Morgan fingerprint density at radius 3 is 2.04 bits per heavy atom. The zero-order valence-electron chi connectivity index (χ0n) is 14.6. The molecule has 136 valence electrons. The van der Waals surface area contributed by atoms with Gasteiger partial charge in [-0.25, -0.2) is 13.6 Å². The van der Waals surface area contributed by atoms with E-state index in [1.807, 2.05) is 41.4 Å². The Bertz CT molecular complexity index is 1060. The Hall–Kier alpha value is -2.96. The van der Waals surface area contributed by atoms with E-state index in [9.17, 15) is 8.42 Å². The maximum absolute atomic E-state index is 11.5. The molecular weight excluding hydrogens is 358 g/mol. The molecule has 0 aliphatic carbocycles. The summed E-state index contributed by atoms with van der Waals surface area (Å²) >= 11 is 0. The van der Waals surface area contributed by atoms with Crippen molar-refractivity contribution in [2.75, 3.05) is 5.01 Å². The molecule has 0 spiro atoms. The summed E-state index contributed by atoms with van der Waals surface area (Å²) in [5, 5.41) is 12.0. The van der Waals surface area contributed by atoms with Gasteiger partial charge in [0.2, 0.25) is 10.0 Å². The van der Waals surface area contributed by atoms with Crippen LogP contribution in [0.15, 0.2) is 94.9 Å². The Morgan fingerprint density at radius 1 is 0.852 bits per heavy atom. The van der Waals surface area contributed by atoms with Crippen molar-refractivity contribution in [1.29, 1.82) is 0 Å². The highest BCUT2D eigenvalue weighted by Crippen LogP contribution is 2.36. The molecule has 0 amide bonds. The fourth-order valence-electron chi connectivity index (χ4n) is 3.28. The first kappa shape index (κ1) is 17.5. The van der Waals surface area contributed by atoms with Crippen molar-refractivity contribution < 1.29 is 8.42 Å². The van der Waals surface area contributed by atoms with Crippen LogP contribution in [0.25, 0.3) is 0 Å². The average molecular weight is 377 g/mol. The van der Waals surface area contributed by atoms with Gasteiger partial charge >= 0.3 is 0 Å². The Balaban J connectivity index is 1.74. The van der Waals surface area contributed by atoms with Gasteiger partial charge in [0.1, 0.15) is 0 Å². The molecular formula is C21H19N3O2S. The van der Waals surface area contributed by atoms with Gasteiger partial charge in [0.25, 0.3) is 0 Å². The second-order valence-corrected chi connectivity index (χ2v) is 7.99. The maximum Gasteiger partial charge on any atom is 0.238 e. The van der Waals surface area contributed by atoms with Crippen LogP contribution >= 0.6 is 0 Å². The lowest BCUT2D eigenvalue weighted by atomic mass is 9.98. The summed E-state index contributed by atoms with van der Waals surface area (Å²) in [5.41, 5.74) is 4.06. The van der Waals surface area contributed by atoms with Gasteiger partial charge in [0.05, 0.1) is 22.3 Å². The number of anilines is 1. The van der Waals surface area contributed by atoms with E-state index in [0.717, 1.165) is 28.9 Å². The van der Waals surface area contributed by atoms with Gasteiger partial charge in [-0.2, -0.15) is 5.10 Å². The highest BCUT2D eigenvalue weighted by molar-refractivity contribution is 7.89. The van der Waals surface area contributed by atoms with Crippen molar-refractivity contribution in [1.82, 2.24) is 0 Å².